The maximum atomic E-state index is 12.8. The van der Waals surface area contributed by atoms with Gasteiger partial charge in [0.1, 0.15) is 0 Å². The predicted octanol–water partition coefficient (Wildman–Crippen LogP) is 4.15. The molecule has 204 valence electrons. The smallest absolute Gasteiger partial charge is 0.310 e. The first-order chi connectivity index (χ1) is 16.5. The van der Waals surface area contributed by atoms with Crippen LogP contribution in [0.25, 0.3) is 0 Å². The molecular formula is C30H48O6. The summed E-state index contributed by atoms with van der Waals surface area (Å²) < 4.78 is 0. The van der Waals surface area contributed by atoms with Crippen molar-refractivity contribution >= 4 is 5.97 Å². The minimum absolute atomic E-state index is 0.0888. The summed E-state index contributed by atoms with van der Waals surface area (Å²) in [5, 5.41) is 54.5. The van der Waals surface area contributed by atoms with Gasteiger partial charge in [0.05, 0.1) is 30.3 Å². The Labute approximate surface area is 216 Å². The fourth-order valence-corrected chi connectivity index (χ4v) is 10.8. The van der Waals surface area contributed by atoms with Crippen molar-refractivity contribution in [2.24, 2.45) is 50.2 Å². The Morgan fingerprint density at radius 3 is 2.17 bits per heavy atom. The van der Waals surface area contributed by atoms with E-state index in [0.29, 0.717) is 25.7 Å². The van der Waals surface area contributed by atoms with Gasteiger partial charge >= 0.3 is 5.97 Å². The average molecular weight is 505 g/mol. The van der Waals surface area contributed by atoms with Crippen molar-refractivity contribution in [1.29, 1.82) is 0 Å². The van der Waals surface area contributed by atoms with Crippen LogP contribution < -0.4 is 0 Å². The van der Waals surface area contributed by atoms with Gasteiger partial charge in [-0.15, -0.1) is 0 Å². The first-order valence-electron chi connectivity index (χ1n) is 14.1. The van der Waals surface area contributed by atoms with Crippen LogP contribution in [0.15, 0.2) is 11.6 Å². The van der Waals surface area contributed by atoms with Crippen molar-refractivity contribution in [3.8, 4) is 0 Å². The molecule has 36 heavy (non-hydrogen) atoms. The molecule has 11 unspecified atom stereocenters. The Morgan fingerprint density at radius 2 is 1.56 bits per heavy atom. The van der Waals surface area contributed by atoms with E-state index < -0.39 is 35.1 Å². The van der Waals surface area contributed by atoms with Gasteiger partial charge in [-0.3, -0.25) is 4.79 Å². The molecule has 0 radical (unpaired) electrons. The molecule has 6 nitrogen and oxygen atoms in total. The van der Waals surface area contributed by atoms with E-state index in [0.717, 1.165) is 31.3 Å². The lowest BCUT2D eigenvalue weighted by molar-refractivity contribution is -0.245. The average Bonchev–Trinajstić information content (AvgIpc) is 2.80. The molecule has 0 heterocycles. The number of carboxylic acid groups (broad SMARTS) is 1. The molecule has 11 atom stereocenters. The van der Waals surface area contributed by atoms with Crippen LogP contribution in [0.3, 0.4) is 0 Å². The highest BCUT2D eigenvalue weighted by Crippen LogP contribution is 2.75. The standard InChI is InChI=1S/C30H48O6/c1-25(2)11-13-30(24(35)36)14-12-28(5)17(21(30)23(25)34)7-8-20-26(3)15-18(32)22(33)27(4,16-31)19(26)9-10-29(20,28)6/h7,18-23,31-34H,8-16H2,1-6H3,(H,35,36). The number of rotatable bonds is 2. The summed E-state index contributed by atoms with van der Waals surface area (Å²) in [6.07, 6.45) is 5.48. The van der Waals surface area contributed by atoms with E-state index in [9.17, 15) is 30.3 Å². The summed E-state index contributed by atoms with van der Waals surface area (Å²) >= 11 is 0. The quantitative estimate of drug-likeness (QED) is 0.361. The topological polar surface area (TPSA) is 118 Å². The second kappa shape index (κ2) is 7.80. The van der Waals surface area contributed by atoms with Gasteiger partial charge in [-0.1, -0.05) is 53.2 Å². The van der Waals surface area contributed by atoms with Gasteiger partial charge in [0.25, 0.3) is 0 Å². The number of fused-ring (bicyclic) bond motifs is 7. The summed E-state index contributed by atoms with van der Waals surface area (Å²) in [6.45, 7) is 12.9. The summed E-state index contributed by atoms with van der Waals surface area (Å²) in [6, 6.07) is 0. The first-order valence-corrected chi connectivity index (χ1v) is 14.1. The molecule has 6 heteroatoms. The predicted molar refractivity (Wildman–Crippen MR) is 137 cm³/mol. The molecule has 0 amide bonds. The fraction of sp³-hybridized carbons (Fsp3) is 0.900. The molecule has 0 saturated heterocycles. The lowest BCUT2D eigenvalue weighted by Crippen LogP contribution is -2.69. The van der Waals surface area contributed by atoms with Crippen LogP contribution in [-0.4, -0.2) is 56.4 Å². The van der Waals surface area contributed by atoms with Gasteiger partial charge in [0.15, 0.2) is 0 Å². The molecule has 0 aromatic carbocycles. The second-order valence-electron chi connectivity index (χ2n) is 15.0. The second-order valence-corrected chi connectivity index (χ2v) is 15.0. The van der Waals surface area contributed by atoms with Crippen LogP contribution in [0.4, 0.5) is 0 Å². The van der Waals surface area contributed by atoms with E-state index in [1.165, 1.54) is 0 Å². The van der Waals surface area contributed by atoms with Crippen molar-refractivity contribution in [3.05, 3.63) is 11.6 Å². The molecule has 0 bridgehead atoms. The molecular weight excluding hydrogens is 456 g/mol. The summed E-state index contributed by atoms with van der Waals surface area (Å²) in [7, 11) is 0. The van der Waals surface area contributed by atoms with Crippen LogP contribution >= 0.6 is 0 Å². The highest BCUT2D eigenvalue weighted by Gasteiger charge is 2.71. The molecule has 5 aliphatic carbocycles. The molecule has 0 aromatic rings. The summed E-state index contributed by atoms with van der Waals surface area (Å²) in [4.78, 5) is 12.8. The van der Waals surface area contributed by atoms with Crippen LogP contribution in [0.5, 0.6) is 0 Å². The zero-order chi connectivity index (χ0) is 26.7. The Bertz CT molecular complexity index is 974. The highest BCUT2D eigenvalue weighted by atomic mass is 16.4. The van der Waals surface area contributed by atoms with Gasteiger partial charge in [-0.05, 0) is 84.9 Å². The van der Waals surface area contributed by atoms with E-state index in [1.807, 2.05) is 6.92 Å². The highest BCUT2D eigenvalue weighted by molar-refractivity contribution is 5.77. The molecule has 4 fully saturated rings. The third kappa shape index (κ3) is 2.96. The Morgan fingerprint density at radius 1 is 0.917 bits per heavy atom. The minimum atomic E-state index is -0.944. The van der Waals surface area contributed by atoms with Gasteiger partial charge < -0.3 is 25.5 Å². The summed E-state index contributed by atoms with van der Waals surface area (Å²) in [5.41, 5.74) is -1.50. The normalized spacial score (nSPS) is 55.9. The van der Waals surface area contributed by atoms with Crippen LogP contribution in [0, 0.1) is 50.2 Å². The molecule has 4 saturated carbocycles. The van der Waals surface area contributed by atoms with Crippen molar-refractivity contribution < 1.29 is 30.3 Å². The zero-order valence-electron chi connectivity index (χ0n) is 23.0. The molecule has 0 spiro atoms. The van der Waals surface area contributed by atoms with Gasteiger partial charge in [-0.2, -0.15) is 0 Å². The third-order valence-electron chi connectivity index (χ3n) is 13.4. The molecule has 0 aliphatic heterocycles. The Balaban J connectivity index is 1.63. The van der Waals surface area contributed by atoms with Crippen LogP contribution in [0.1, 0.15) is 92.9 Å². The zero-order valence-corrected chi connectivity index (χ0v) is 23.0. The number of aliphatic hydroxyl groups is 4. The van der Waals surface area contributed by atoms with Crippen molar-refractivity contribution in [1.82, 2.24) is 0 Å². The Kier molecular flexibility index (Phi) is 5.77. The minimum Gasteiger partial charge on any atom is -0.481 e. The van der Waals surface area contributed by atoms with E-state index in [1.54, 1.807) is 0 Å². The summed E-state index contributed by atoms with van der Waals surface area (Å²) in [5.74, 6) is -0.833. The number of carbonyl (C=O) groups is 1. The van der Waals surface area contributed by atoms with Crippen molar-refractivity contribution in [3.63, 3.8) is 0 Å². The molecule has 5 N–H and O–H groups in total. The van der Waals surface area contributed by atoms with Gasteiger partial charge in [-0.25, -0.2) is 0 Å². The molecule has 5 aliphatic rings. The van der Waals surface area contributed by atoms with Crippen LogP contribution in [0.2, 0.25) is 0 Å². The fourth-order valence-electron chi connectivity index (χ4n) is 10.8. The largest absolute Gasteiger partial charge is 0.481 e. The molecule has 0 aromatic heterocycles. The molecule has 5 rings (SSSR count). The van der Waals surface area contributed by atoms with E-state index in [4.69, 9.17) is 0 Å². The lowest BCUT2D eigenvalue weighted by Gasteiger charge is -2.71. The number of aliphatic carboxylic acids is 1. The number of allylic oxidation sites excluding steroid dienone is 1. The maximum Gasteiger partial charge on any atom is 0.310 e. The van der Waals surface area contributed by atoms with E-state index in [-0.39, 0.29) is 46.0 Å². The number of hydrogen-bond donors (Lipinski definition) is 5. The number of hydrogen-bond acceptors (Lipinski definition) is 5. The number of carboxylic acids is 1. The first kappa shape index (κ1) is 26.6. The van der Waals surface area contributed by atoms with Crippen LogP contribution in [-0.2, 0) is 4.79 Å². The van der Waals surface area contributed by atoms with Gasteiger partial charge in [0.2, 0.25) is 0 Å². The van der Waals surface area contributed by atoms with Crippen molar-refractivity contribution in [2.75, 3.05) is 6.61 Å². The maximum absolute atomic E-state index is 12.8. The third-order valence-corrected chi connectivity index (χ3v) is 13.4. The SMILES string of the molecule is CC1(C)CCC2(C(=O)O)CCC3(C)C(=CCC4C5(C)CC(O)C(O)C(C)(CO)C5CCC43C)C2C1O. The number of aliphatic hydroxyl groups excluding tert-OH is 4. The van der Waals surface area contributed by atoms with E-state index >= 15 is 0 Å². The van der Waals surface area contributed by atoms with Gasteiger partial charge in [0, 0.05) is 11.3 Å². The lowest BCUT2D eigenvalue weighted by atomic mass is 9.33. The monoisotopic (exact) mass is 504 g/mol. The Hall–Kier alpha value is -0.950. The van der Waals surface area contributed by atoms with Crippen molar-refractivity contribution in [2.45, 2.75) is 111 Å². The van der Waals surface area contributed by atoms with E-state index in [2.05, 4.69) is 40.7 Å².